The Hall–Kier alpha value is -2.21. The van der Waals surface area contributed by atoms with Gasteiger partial charge in [0.15, 0.2) is 5.16 Å². The van der Waals surface area contributed by atoms with Crippen LogP contribution in [0.5, 0.6) is 0 Å². The number of hydrogen-bond donors (Lipinski definition) is 0. The molecule has 2 heterocycles. The summed E-state index contributed by atoms with van der Waals surface area (Å²) >= 11 is 1.27. The number of para-hydroxylation sites is 1. The Kier molecular flexibility index (Phi) is 4.66. The van der Waals surface area contributed by atoms with E-state index >= 15 is 0 Å². The van der Waals surface area contributed by atoms with Crippen molar-refractivity contribution in [3.63, 3.8) is 0 Å². The zero-order valence-electron chi connectivity index (χ0n) is 13.9. The van der Waals surface area contributed by atoms with Gasteiger partial charge in [0.05, 0.1) is 5.69 Å². The summed E-state index contributed by atoms with van der Waals surface area (Å²) in [5.41, 5.74) is 3.40. The van der Waals surface area contributed by atoms with Crippen molar-refractivity contribution in [1.82, 2.24) is 9.97 Å². The molecule has 2 amide bonds. The fraction of sp³-hybridized carbons (Fsp3) is 0.333. The summed E-state index contributed by atoms with van der Waals surface area (Å²) < 4.78 is 0. The monoisotopic (exact) mass is 341 g/mol. The molecule has 1 fully saturated rings. The van der Waals surface area contributed by atoms with Gasteiger partial charge >= 0.3 is 0 Å². The van der Waals surface area contributed by atoms with E-state index in [0.717, 1.165) is 23.4 Å². The molecule has 6 heteroatoms. The molecule has 1 atom stereocenters. The van der Waals surface area contributed by atoms with Gasteiger partial charge in [0.1, 0.15) is 5.25 Å². The van der Waals surface area contributed by atoms with Gasteiger partial charge in [-0.2, -0.15) is 0 Å². The van der Waals surface area contributed by atoms with Gasteiger partial charge in [0.2, 0.25) is 11.8 Å². The second-order valence-electron chi connectivity index (χ2n) is 5.79. The summed E-state index contributed by atoms with van der Waals surface area (Å²) in [4.78, 5) is 35.3. The molecular weight excluding hydrogens is 322 g/mol. The molecule has 124 valence electrons. The molecule has 5 nitrogen and oxygen atoms in total. The average Bonchev–Trinajstić information content (AvgIpc) is 2.80. The van der Waals surface area contributed by atoms with Crippen LogP contribution in [0.25, 0.3) is 0 Å². The first-order valence-electron chi connectivity index (χ1n) is 7.93. The largest absolute Gasteiger partial charge is 0.274 e. The van der Waals surface area contributed by atoms with Gasteiger partial charge in [-0.1, -0.05) is 36.9 Å². The van der Waals surface area contributed by atoms with Crippen molar-refractivity contribution in [2.45, 2.75) is 44.0 Å². The average molecular weight is 341 g/mol. The van der Waals surface area contributed by atoms with E-state index in [9.17, 15) is 9.59 Å². The van der Waals surface area contributed by atoms with E-state index in [2.05, 4.69) is 9.97 Å². The molecule has 24 heavy (non-hydrogen) atoms. The molecule has 0 spiro atoms. The van der Waals surface area contributed by atoms with E-state index in [0.29, 0.717) is 10.8 Å². The Morgan fingerprint density at radius 1 is 1.17 bits per heavy atom. The number of carbonyl (C=O) groups is 2. The molecular formula is C18H19N3O2S. The molecule has 0 saturated carbocycles. The van der Waals surface area contributed by atoms with Gasteiger partial charge in [-0.05, 0) is 38.0 Å². The lowest BCUT2D eigenvalue weighted by Gasteiger charge is -2.18. The van der Waals surface area contributed by atoms with Gasteiger partial charge in [-0.3, -0.25) is 9.59 Å². The topological polar surface area (TPSA) is 63.2 Å². The smallest absolute Gasteiger partial charge is 0.247 e. The highest BCUT2D eigenvalue weighted by atomic mass is 32.2. The summed E-state index contributed by atoms with van der Waals surface area (Å²) in [6, 6.07) is 9.43. The summed E-state index contributed by atoms with van der Waals surface area (Å²) in [7, 11) is 0. The Balaban J connectivity index is 1.86. The fourth-order valence-electron chi connectivity index (χ4n) is 2.85. The van der Waals surface area contributed by atoms with E-state index in [1.807, 2.05) is 51.1 Å². The third-order valence-corrected chi connectivity index (χ3v) is 4.97. The maximum Gasteiger partial charge on any atom is 0.247 e. The number of aromatic nitrogens is 2. The first-order chi connectivity index (χ1) is 11.5. The second kappa shape index (κ2) is 6.73. The predicted octanol–water partition coefficient (Wildman–Crippen LogP) is 3.08. The minimum absolute atomic E-state index is 0.164. The van der Waals surface area contributed by atoms with Crippen LogP contribution in [0.15, 0.2) is 35.5 Å². The van der Waals surface area contributed by atoms with Crippen LogP contribution in [0.2, 0.25) is 0 Å². The molecule has 0 bridgehead atoms. The molecule has 0 aliphatic carbocycles. The normalized spacial score (nSPS) is 17.6. The van der Waals surface area contributed by atoms with Crippen LogP contribution in [0.1, 0.15) is 30.3 Å². The number of nitrogens with zero attached hydrogens (tertiary/aromatic N) is 3. The number of rotatable bonds is 4. The first kappa shape index (κ1) is 16.6. The van der Waals surface area contributed by atoms with Crippen LogP contribution in [0.4, 0.5) is 5.69 Å². The highest BCUT2D eigenvalue weighted by Crippen LogP contribution is 2.34. The van der Waals surface area contributed by atoms with Crippen molar-refractivity contribution in [3.05, 3.63) is 47.3 Å². The molecule has 2 aromatic rings. The SMILES string of the molecule is CCc1ccccc1N1C(=O)CC(Sc2nc(C)cc(C)n2)C1=O. The number of amides is 2. The summed E-state index contributed by atoms with van der Waals surface area (Å²) in [5.74, 6) is -0.351. The minimum atomic E-state index is -0.469. The molecule has 0 radical (unpaired) electrons. The Morgan fingerprint density at radius 3 is 2.50 bits per heavy atom. The lowest BCUT2D eigenvalue weighted by atomic mass is 10.1. The van der Waals surface area contributed by atoms with Crippen LogP contribution in [-0.2, 0) is 16.0 Å². The number of imide groups is 1. The van der Waals surface area contributed by atoms with Crippen LogP contribution < -0.4 is 4.90 Å². The number of hydrogen-bond acceptors (Lipinski definition) is 5. The van der Waals surface area contributed by atoms with Crippen LogP contribution in [0.3, 0.4) is 0 Å². The minimum Gasteiger partial charge on any atom is -0.274 e. The van der Waals surface area contributed by atoms with Crippen LogP contribution in [0, 0.1) is 13.8 Å². The lowest BCUT2D eigenvalue weighted by Crippen LogP contribution is -2.32. The van der Waals surface area contributed by atoms with E-state index < -0.39 is 5.25 Å². The maximum absolute atomic E-state index is 12.8. The summed E-state index contributed by atoms with van der Waals surface area (Å²) in [6.07, 6.45) is 0.948. The molecule has 1 unspecified atom stereocenters. The van der Waals surface area contributed by atoms with Crippen molar-refractivity contribution in [2.75, 3.05) is 4.90 Å². The van der Waals surface area contributed by atoms with E-state index in [-0.39, 0.29) is 18.2 Å². The van der Waals surface area contributed by atoms with Gasteiger partial charge < -0.3 is 0 Å². The van der Waals surface area contributed by atoms with E-state index in [1.54, 1.807) is 0 Å². The highest BCUT2D eigenvalue weighted by Gasteiger charge is 2.41. The number of benzene rings is 1. The molecule has 1 aliphatic heterocycles. The molecule has 1 saturated heterocycles. The van der Waals surface area contributed by atoms with E-state index in [4.69, 9.17) is 0 Å². The van der Waals surface area contributed by atoms with Crippen molar-refractivity contribution >= 4 is 29.3 Å². The van der Waals surface area contributed by atoms with Crippen molar-refractivity contribution in [1.29, 1.82) is 0 Å². The fourth-order valence-corrected chi connectivity index (χ4v) is 3.93. The predicted molar refractivity (Wildman–Crippen MR) is 94.1 cm³/mol. The maximum atomic E-state index is 12.8. The number of aryl methyl sites for hydroxylation is 3. The van der Waals surface area contributed by atoms with Gasteiger partial charge in [-0.15, -0.1) is 0 Å². The number of thioether (sulfide) groups is 1. The van der Waals surface area contributed by atoms with Crippen LogP contribution in [-0.4, -0.2) is 27.0 Å². The first-order valence-corrected chi connectivity index (χ1v) is 8.81. The highest BCUT2D eigenvalue weighted by molar-refractivity contribution is 8.00. The number of carbonyl (C=O) groups excluding carboxylic acids is 2. The summed E-state index contributed by atoms with van der Waals surface area (Å²) in [6.45, 7) is 5.80. The standard InChI is InChI=1S/C18H19N3O2S/c1-4-13-7-5-6-8-14(13)21-16(22)10-15(17(21)23)24-18-19-11(2)9-12(3)20-18/h5-9,15H,4,10H2,1-3H3. The molecule has 1 aromatic heterocycles. The molecule has 0 N–H and O–H groups in total. The van der Waals surface area contributed by atoms with Crippen molar-refractivity contribution in [2.24, 2.45) is 0 Å². The summed E-state index contributed by atoms with van der Waals surface area (Å²) in [5, 5.41) is 0.0767. The Morgan fingerprint density at radius 2 is 1.83 bits per heavy atom. The Bertz CT molecular complexity index is 786. The van der Waals surface area contributed by atoms with Gasteiger partial charge in [0, 0.05) is 17.8 Å². The lowest BCUT2D eigenvalue weighted by molar-refractivity contribution is -0.121. The van der Waals surface area contributed by atoms with Crippen molar-refractivity contribution < 1.29 is 9.59 Å². The van der Waals surface area contributed by atoms with Gasteiger partial charge in [0.25, 0.3) is 0 Å². The third kappa shape index (κ3) is 3.19. The van der Waals surface area contributed by atoms with Crippen molar-refractivity contribution in [3.8, 4) is 0 Å². The molecule has 3 rings (SSSR count). The zero-order chi connectivity index (χ0) is 17.3. The van der Waals surface area contributed by atoms with E-state index in [1.165, 1.54) is 16.7 Å². The third-order valence-electron chi connectivity index (χ3n) is 3.93. The quantitative estimate of drug-likeness (QED) is 0.632. The zero-order valence-corrected chi connectivity index (χ0v) is 14.8. The van der Waals surface area contributed by atoms with Crippen LogP contribution >= 0.6 is 11.8 Å². The van der Waals surface area contributed by atoms with Gasteiger partial charge in [-0.25, -0.2) is 14.9 Å². The molecule has 1 aliphatic rings. The Labute approximate surface area is 145 Å². The second-order valence-corrected chi connectivity index (χ2v) is 6.96. The number of anilines is 1. The molecule has 1 aromatic carbocycles.